The summed E-state index contributed by atoms with van der Waals surface area (Å²) in [6.45, 7) is 9.54. The maximum absolute atomic E-state index is 12.6. The molecule has 0 aromatic carbocycles. The first kappa shape index (κ1) is 18.0. The lowest BCUT2D eigenvalue weighted by Gasteiger charge is -2.28. The van der Waals surface area contributed by atoms with Gasteiger partial charge in [-0.05, 0) is 24.7 Å². The van der Waals surface area contributed by atoms with Crippen LogP contribution in [-0.4, -0.2) is 47.2 Å². The zero-order chi connectivity index (χ0) is 17.1. The van der Waals surface area contributed by atoms with E-state index in [9.17, 15) is 14.4 Å². The summed E-state index contributed by atoms with van der Waals surface area (Å²) in [7, 11) is 0. The number of carbonyl (C=O) groups is 3. The van der Waals surface area contributed by atoms with Crippen molar-refractivity contribution in [2.75, 3.05) is 19.6 Å². The summed E-state index contributed by atoms with van der Waals surface area (Å²) in [4.78, 5) is 40.7. The summed E-state index contributed by atoms with van der Waals surface area (Å²) < 4.78 is 0. The van der Waals surface area contributed by atoms with E-state index in [1.165, 1.54) is 4.90 Å². The molecule has 0 radical (unpaired) electrons. The molecule has 0 aromatic rings. The molecule has 1 heterocycles. The number of fused-ring (bicyclic) bond motifs is 1. The number of nitrogens with zero attached hydrogens (tertiary/aromatic N) is 2. The molecule has 1 saturated carbocycles. The molecule has 1 aliphatic heterocycles. The van der Waals surface area contributed by atoms with Crippen molar-refractivity contribution in [3.05, 3.63) is 0 Å². The summed E-state index contributed by atoms with van der Waals surface area (Å²) in [6, 6.07) is 0. The molecule has 1 aliphatic carbocycles. The maximum Gasteiger partial charge on any atom is 0.242 e. The Morgan fingerprint density at radius 3 is 1.83 bits per heavy atom. The fourth-order valence-corrected chi connectivity index (χ4v) is 3.78. The molecule has 5 nitrogen and oxygen atoms in total. The highest BCUT2D eigenvalue weighted by Crippen LogP contribution is 2.37. The molecule has 0 N–H and O–H groups in total. The molecule has 130 valence electrons. The van der Waals surface area contributed by atoms with Gasteiger partial charge in [-0.1, -0.05) is 40.5 Å². The largest absolute Gasteiger partial charge is 0.341 e. The van der Waals surface area contributed by atoms with E-state index in [1.54, 1.807) is 4.90 Å². The molecule has 2 aliphatic rings. The van der Waals surface area contributed by atoms with Crippen LogP contribution in [-0.2, 0) is 14.4 Å². The number of imide groups is 1. The van der Waals surface area contributed by atoms with Gasteiger partial charge in [0.25, 0.3) is 0 Å². The zero-order valence-corrected chi connectivity index (χ0v) is 14.9. The predicted octanol–water partition coefficient (Wildman–Crippen LogP) is 2.30. The topological polar surface area (TPSA) is 57.7 Å². The average molecular weight is 322 g/mol. The highest BCUT2D eigenvalue weighted by atomic mass is 16.2. The van der Waals surface area contributed by atoms with Crippen molar-refractivity contribution < 1.29 is 14.4 Å². The highest BCUT2D eigenvalue weighted by Gasteiger charge is 2.48. The van der Waals surface area contributed by atoms with Crippen LogP contribution in [0.15, 0.2) is 0 Å². The average Bonchev–Trinajstić information content (AvgIpc) is 2.71. The first-order valence-corrected chi connectivity index (χ1v) is 8.94. The van der Waals surface area contributed by atoms with E-state index in [0.717, 1.165) is 25.7 Å². The molecule has 0 aromatic heterocycles. The third-order valence-electron chi connectivity index (χ3n) is 4.75. The van der Waals surface area contributed by atoms with Crippen LogP contribution in [0.5, 0.6) is 0 Å². The summed E-state index contributed by atoms with van der Waals surface area (Å²) >= 11 is 0. The van der Waals surface area contributed by atoms with Gasteiger partial charge in [-0.15, -0.1) is 0 Å². The monoisotopic (exact) mass is 322 g/mol. The molecule has 2 fully saturated rings. The molecule has 2 atom stereocenters. The van der Waals surface area contributed by atoms with E-state index in [1.807, 2.05) is 0 Å². The van der Waals surface area contributed by atoms with Gasteiger partial charge < -0.3 is 4.90 Å². The number of hydrogen-bond donors (Lipinski definition) is 0. The Hall–Kier alpha value is -1.39. The summed E-state index contributed by atoms with van der Waals surface area (Å²) in [5.74, 6) is 0.0350. The first-order chi connectivity index (χ1) is 10.8. The Kier molecular flexibility index (Phi) is 5.82. The van der Waals surface area contributed by atoms with Gasteiger partial charge >= 0.3 is 0 Å². The second kappa shape index (κ2) is 7.45. The molecule has 2 unspecified atom stereocenters. The van der Waals surface area contributed by atoms with Gasteiger partial charge in [-0.2, -0.15) is 0 Å². The molecule has 5 heteroatoms. The van der Waals surface area contributed by atoms with Crippen molar-refractivity contribution in [1.29, 1.82) is 0 Å². The molecule has 23 heavy (non-hydrogen) atoms. The SMILES string of the molecule is CC(C)CN(CC(C)C)C(=O)CN1C(=O)C2CCCCC2C1=O. The standard InChI is InChI=1S/C18H30N2O3/c1-12(2)9-19(10-13(3)4)16(21)11-20-17(22)14-7-5-6-8-15(14)18(20)23/h12-15H,5-11H2,1-4H3. The third kappa shape index (κ3) is 4.12. The van der Waals surface area contributed by atoms with Gasteiger partial charge in [0.2, 0.25) is 17.7 Å². The second-order valence-electron chi connectivity index (χ2n) is 7.85. The Labute approximate surface area is 139 Å². The number of hydrogen-bond acceptors (Lipinski definition) is 3. The molecule has 1 saturated heterocycles. The Morgan fingerprint density at radius 2 is 1.43 bits per heavy atom. The van der Waals surface area contributed by atoms with Crippen LogP contribution < -0.4 is 0 Å². The van der Waals surface area contributed by atoms with Crippen LogP contribution >= 0.6 is 0 Å². The number of rotatable bonds is 6. The minimum Gasteiger partial charge on any atom is -0.341 e. The smallest absolute Gasteiger partial charge is 0.242 e. The van der Waals surface area contributed by atoms with Gasteiger partial charge in [-0.3, -0.25) is 19.3 Å². The van der Waals surface area contributed by atoms with E-state index in [2.05, 4.69) is 27.7 Å². The highest BCUT2D eigenvalue weighted by molar-refractivity contribution is 6.07. The number of likely N-dealkylation sites (tertiary alicyclic amines) is 1. The van der Waals surface area contributed by atoms with Gasteiger partial charge in [0.15, 0.2) is 0 Å². The van der Waals surface area contributed by atoms with Crippen LogP contribution in [0.4, 0.5) is 0 Å². The molecule has 0 bridgehead atoms. The lowest BCUT2D eigenvalue weighted by Crippen LogP contribution is -2.45. The maximum atomic E-state index is 12.6. The Morgan fingerprint density at radius 1 is 1.00 bits per heavy atom. The summed E-state index contributed by atoms with van der Waals surface area (Å²) in [6.07, 6.45) is 3.60. The van der Waals surface area contributed by atoms with Crippen LogP contribution in [0, 0.1) is 23.7 Å². The summed E-state index contributed by atoms with van der Waals surface area (Å²) in [5.41, 5.74) is 0. The second-order valence-corrected chi connectivity index (χ2v) is 7.85. The molecular formula is C18H30N2O3. The van der Waals surface area contributed by atoms with Crippen molar-refractivity contribution in [3.8, 4) is 0 Å². The van der Waals surface area contributed by atoms with E-state index < -0.39 is 0 Å². The van der Waals surface area contributed by atoms with E-state index in [4.69, 9.17) is 0 Å². The fourth-order valence-electron chi connectivity index (χ4n) is 3.78. The van der Waals surface area contributed by atoms with Gasteiger partial charge in [0.05, 0.1) is 11.8 Å². The van der Waals surface area contributed by atoms with Crippen LogP contribution in [0.1, 0.15) is 53.4 Å². The minimum atomic E-state index is -0.173. The van der Waals surface area contributed by atoms with E-state index in [-0.39, 0.29) is 36.1 Å². The lowest BCUT2D eigenvalue weighted by molar-refractivity contribution is -0.147. The van der Waals surface area contributed by atoms with Crippen LogP contribution in [0.2, 0.25) is 0 Å². The van der Waals surface area contributed by atoms with Crippen molar-refractivity contribution in [2.24, 2.45) is 23.7 Å². The Bertz CT molecular complexity index is 439. The zero-order valence-electron chi connectivity index (χ0n) is 14.9. The minimum absolute atomic E-state index is 0.0793. The third-order valence-corrected chi connectivity index (χ3v) is 4.75. The fraction of sp³-hybridized carbons (Fsp3) is 0.833. The Balaban J connectivity index is 2.05. The molecular weight excluding hydrogens is 292 g/mol. The van der Waals surface area contributed by atoms with Crippen LogP contribution in [0.25, 0.3) is 0 Å². The van der Waals surface area contributed by atoms with Crippen molar-refractivity contribution in [1.82, 2.24) is 9.80 Å². The van der Waals surface area contributed by atoms with E-state index >= 15 is 0 Å². The number of amides is 3. The lowest BCUT2D eigenvalue weighted by atomic mass is 9.81. The summed E-state index contributed by atoms with van der Waals surface area (Å²) in [5, 5.41) is 0. The quantitative estimate of drug-likeness (QED) is 0.705. The van der Waals surface area contributed by atoms with Crippen molar-refractivity contribution >= 4 is 17.7 Å². The van der Waals surface area contributed by atoms with Gasteiger partial charge in [0, 0.05) is 13.1 Å². The predicted molar refractivity (Wildman–Crippen MR) is 88.4 cm³/mol. The molecule has 3 amide bonds. The van der Waals surface area contributed by atoms with Crippen molar-refractivity contribution in [3.63, 3.8) is 0 Å². The number of carbonyl (C=O) groups excluding carboxylic acids is 3. The van der Waals surface area contributed by atoms with Gasteiger partial charge in [-0.25, -0.2) is 0 Å². The first-order valence-electron chi connectivity index (χ1n) is 8.94. The van der Waals surface area contributed by atoms with Gasteiger partial charge in [0.1, 0.15) is 6.54 Å². The van der Waals surface area contributed by atoms with Crippen molar-refractivity contribution in [2.45, 2.75) is 53.4 Å². The van der Waals surface area contributed by atoms with Crippen LogP contribution in [0.3, 0.4) is 0 Å². The van der Waals surface area contributed by atoms with E-state index in [0.29, 0.717) is 24.9 Å². The normalized spacial score (nSPS) is 24.5. The molecule has 2 rings (SSSR count). The molecule has 0 spiro atoms.